The second-order valence-electron chi connectivity index (χ2n) is 5.19. The molecule has 25 heavy (non-hydrogen) atoms. The Balaban J connectivity index is 2.63. The molecular weight excluding hydrogens is 396 g/mol. The van der Waals surface area contributed by atoms with E-state index in [1.165, 1.54) is 12.1 Å². The van der Waals surface area contributed by atoms with Gasteiger partial charge in [0.05, 0.1) is 22.2 Å². The fourth-order valence-corrected chi connectivity index (χ4v) is 4.53. The van der Waals surface area contributed by atoms with Crippen molar-refractivity contribution in [3.63, 3.8) is 0 Å². The molecular formula is C13H14O9S3. The lowest BCUT2D eigenvalue weighted by Crippen LogP contribution is -2.16. The number of aryl methyl sites for hydroxylation is 1. The van der Waals surface area contributed by atoms with Crippen molar-refractivity contribution in [1.82, 2.24) is 0 Å². The molecule has 0 amide bonds. The van der Waals surface area contributed by atoms with Crippen molar-refractivity contribution in [2.24, 2.45) is 0 Å². The van der Waals surface area contributed by atoms with Crippen LogP contribution in [0.2, 0.25) is 0 Å². The largest absolute Gasteiger partial charge is 0.397 e. The van der Waals surface area contributed by atoms with Crippen LogP contribution in [0.4, 0.5) is 0 Å². The van der Waals surface area contributed by atoms with Crippen LogP contribution in [0, 0.1) is 6.92 Å². The molecule has 0 bridgehead atoms. The Hall–Kier alpha value is -1.57. The third-order valence-corrected chi connectivity index (χ3v) is 6.27. The highest BCUT2D eigenvalue weighted by molar-refractivity contribution is 7.91. The minimum Gasteiger partial charge on any atom is -0.282 e. The molecule has 2 aromatic rings. The van der Waals surface area contributed by atoms with Gasteiger partial charge in [-0.3, -0.25) is 9.11 Å². The fraction of sp³-hybridized carbons (Fsp3) is 0.231. The molecule has 0 unspecified atom stereocenters. The fourth-order valence-electron chi connectivity index (χ4n) is 2.18. The first-order valence-corrected chi connectivity index (χ1v) is 11.1. The first-order valence-electron chi connectivity index (χ1n) is 6.66. The Morgan fingerprint density at radius 1 is 0.960 bits per heavy atom. The molecule has 0 aliphatic heterocycles. The number of benzene rings is 2. The number of rotatable bonds is 6. The van der Waals surface area contributed by atoms with Gasteiger partial charge in [0, 0.05) is 5.39 Å². The van der Waals surface area contributed by atoms with E-state index in [0.29, 0.717) is 5.56 Å². The molecule has 2 N–H and O–H groups in total. The van der Waals surface area contributed by atoms with Crippen LogP contribution in [-0.2, 0) is 34.5 Å². The summed E-state index contributed by atoms with van der Waals surface area (Å²) in [6.07, 6.45) is 0. The van der Waals surface area contributed by atoms with Crippen LogP contribution >= 0.6 is 0 Å². The zero-order valence-corrected chi connectivity index (χ0v) is 15.2. The van der Waals surface area contributed by atoms with E-state index in [0.717, 1.165) is 12.1 Å². The molecule has 0 spiro atoms. The minimum atomic E-state index is -4.81. The zero-order chi connectivity index (χ0) is 19.0. The lowest BCUT2D eigenvalue weighted by atomic mass is 10.1. The van der Waals surface area contributed by atoms with Crippen LogP contribution in [-0.4, -0.2) is 46.7 Å². The number of hydrogen-bond donors (Lipinski definition) is 2. The van der Waals surface area contributed by atoms with Gasteiger partial charge in [0.2, 0.25) is 0 Å². The highest BCUT2D eigenvalue weighted by atomic mass is 32.3. The van der Waals surface area contributed by atoms with Crippen molar-refractivity contribution in [3.8, 4) is 0 Å². The quantitative estimate of drug-likeness (QED) is 0.664. The van der Waals surface area contributed by atoms with Gasteiger partial charge in [0.25, 0.3) is 10.1 Å². The Morgan fingerprint density at radius 3 is 2.16 bits per heavy atom. The highest BCUT2D eigenvalue weighted by Crippen LogP contribution is 2.29. The average molecular weight is 410 g/mol. The third kappa shape index (κ3) is 4.96. The second-order valence-corrected chi connectivity index (χ2v) is 9.78. The van der Waals surface area contributed by atoms with Gasteiger partial charge in [-0.1, -0.05) is 23.8 Å². The molecule has 0 saturated carbocycles. The van der Waals surface area contributed by atoms with Crippen LogP contribution in [0.25, 0.3) is 10.8 Å². The van der Waals surface area contributed by atoms with Crippen LogP contribution < -0.4 is 0 Å². The lowest BCUT2D eigenvalue weighted by molar-refractivity contribution is 0.284. The summed E-state index contributed by atoms with van der Waals surface area (Å²) >= 11 is 0. The SMILES string of the molecule is Cc1ccc2cc(S(=O)(=O)O)cc(S(=O)(=O)CCOS(=O)(=O)O)c2c1. The molecule has 0 atom stereocenters. The number of hydrogen-bond acceptors (Lipinski definition) is 7. The Kier molecular flexibility index (Phi) is 5.23. The standard InChI is InChI=1S/C13H14O9S3/c1-9-2-3-10-7-11(24(16,17)18)8-13(12(10)6-9)23(14,15)5-4-22-25(19,20)21/h2-3,6-8H,4-5H2,1H3,(H,16,17,18)(H,19,20,21). The van der Waals surface area contributed by atoms with Crippen molar-refractivity contribution in [3.05, 3.63) is 35.9 Å². The van der Waals surface area contributed by atoms with E-state index in [9.17, 15) is 29.8 Å². The topological polar surface area (TPSA) is 152 Å². The van der Waals surface area contributed by atoms with Gasteiger partial charge in [-0.2, -0.15) is 16.8 Å². The molecule has 0 aliphatic carbocycles. The predicted molar refractivity (Wildman–Crippen MR) is 88.1 cm³/mol. The van der Waals surface area contributed by atoms with E-state index in [2.05, 4.69) is 4.18 Å². The zero-order valence-electron chi connectivity index (χ0n) is 12.8. The summed E-state index contributed by atoms with van der Waals surface area (Å²) in [5.74, 6) is -0.829. The van der Waals surface area contributed by atoms with E-state index in [1.54, 1.807) is 13.0 Å². The molecule has 2 aromatic carbocycles. The molecule has 0 aromatic heterocycles. The van der Waals surface area contributed by atoms with Crippen LogP contribution in [0.3, 0.4) is 0 Å². The van der Waals surface area contributed by atoms with E-state index in [4.69, 9.17) is 4.55 Å². The van der Waals surface area contributed by atoms with Gasteiger partial charge in [0.15, 0.2) is 9.84 Å². The number of fused-ring (bicyclic) bond motifs is 1. The van der Waals surface area contributed by atoms with Gasteiger partial charge < -0.3 is 0 Å². The van der Waals surface area contributed by atoms with Gasteiger partial charge in [-0.25, -0.2) is 12.6 Å². The summed E-state index contributed by atoms with van der Waals surface area (Å²) < 4.78 is 90.5. The summed E-state index contributed by atoms with van der Waals surface area (Å²) in [5.41, 5.74) is 0.706. The highest BCUT2D eigenvalue weighted by Gasteiger charge is 2.23. The van der Waals surface area contributed by atoms with Gasteiger partial charge in [-0.05, 0) is 24.4 Å². The minimum absolute atomic E-state index is 0.208. The Labute approximate surface area is 144 Å². The number of sulfone groups is 1. The summed E-state index contributed by atoms with van der Waals surface area (Å²) in [5, 5.41) is 0.467. The Morgan fingerprint density at radius 2 is 1.60 bits per heavy atom. The predicted octanol–water partition coefficient (Wildman–Crippen LogP) is 0.988. The summed E-state index contributed by atoms with van der Waals surface area (Å²) in [6.45, 7) is 0.846. The van der Waals surface area contributed by atoms with Crippen molar-refractivity contribution < 1.29 is 38.5 Å². The maximum Gasteiger partial charge on any atom is 0.397 e. The van der Waals surface area contributed by atoms with Crippen molar-refractivity contribution in [2.75, 3.05) is 12.4 Å². The van der Waals surface area contributed by atoms with E-state index >= 15 is 0 Å². The molecule has 12 heteroatoms. The molecule has 0 aliphatic rings. The molecule has 0 heterocycles. The van der Waals surface area contributed by atoms with E-state index < -0.39 is 52.5 Å². The van der Waals surface area contributed by atoms with Crippen molar-refractivity contribution >= 4 is 41.1 Å². The summed E-state index contributed by atoms with van der Waals surface area (Å²) in [7, 11) is -13.7. The molecule has 138 valence electrons. The maximum absolute atomic E-state index is 12.5. The average Bonchev–Trinajstić information content (AvgIpc) is 2.43. The Bertz CT molecular complexity index is 1130. The van der Waals surface area contributed by atoms with Crippen molar-refractivity contribution in [1.29, 1.82) is 0 Å². The van der Waals surface area contributed by atoms with Gasteiger partial charge in [-0.15, -0.1) is 0 Å². The van der Waals surface area contributed by atoms with Crippen LogP contribution in [0.1, 0.15) is 5.56 Å². The van der Waals surface area contributed by atoms with E-state index in [-0.39, 0.29) is 10.8 Å². The van der Waals surface area contributed by atoms with Gasteiger partial charge >= 0.3 is 10.4 Å². The molecule has 0 fully saturated rings. The summed E-state index contributed by atoms with van der Waals surface area (Å²) in [4.78, 5) is -1.02. The first kappa shape index (κ1) is 19.8. The van der Waals surface area contributed by atoms with E-state index in [1.807, 2.05) is 0 Å². The van der Waals surface area contributed by atoms with Gasteiger partial charge in [0.1, 0.15) is 0 Å². The lowest BCUT2D eigenvalue weighted by Gasteiger charge is -2.11. The second kappa shape index (κ2) is 6.63. The maximum atomic E-state index is 12.5. The molecule has 2 rings (SSSR count). The monoisotopic (exact) mass is 410 g/mol. The normalized spacial score (nSPS) is 13.2. The van der Waals surface area contributed by atoms with Crippen LogP contribution in [0.5, 0.6) is 0 Å². The first-order chi connectivity index (χ1) is 11.3. The third-order valence-electron chi connectivity index (χ3n) is 3.26. The molecule has 0 saturated heterocycles. The molecule has 0 radical (unpaired) electrons. The molecule has 9 nitrogen and oxygen atoms in total. The van der Waals surface area contributed by atoms with Crippen LogP contribution in [0.15, 0.2) is 40.1 Å². The van der Waals surface area contributed by atoms with Crippen molar-refractivity contribution in [2.45, 2.75) is 16.7 Å². The smallest absolute Gasteiger partial charge is 0.282 e. The summed E-state index contributed by atoms with van der Waals surface area (Å²) in [6, 6.07) is 6.55.